The fourth-order valence-electron chi connectivity index (χ4n) is 1.54. The SMILES string of the molecule is c1ccc2c(c1)CCC[N]C2. The number of aryl methyl sites for hydroxylation is 1. The van der Waals surface area contributed by atoms with E-state index in [-0.39, 0.29) is 0 Å². The van der Waals surface area contributed by atoms with Crippen LogP contribution in [0.1, 0.15) is 17.5 Å². The summed E-state index contributed by atoms with van der Waals surface area (Å²) in [5, 5.41) is 4.41. The van der Waals surface area contributed by atoms with Gasteiger partial charge in [-0.05, 0) is 24.0 Å². The van der Waals surface area contributed by atoms with Crippen LogP contribution in [0.4, 0.5) is 0 Å². The van der Waals surface area contributed by atoms with Crippen molar-refractivity contribution in [3.63, 3.8) is 0 Å². The van der Waals surface area contributed by atoms with E-state index in [9.17, 15) is 0 Å². The number of hydrogen-bond donors (Lipinski definition) is 0. The molecule has 1 aromatic carbocycles. The summed E-state index contributed by atoms with van der Waals surface area (Å²) >= 11 is 0. The second-order valence-electron chi connectivity index (χ2n) is 2.98. The largest absolute Gasteiger partial charge is 0.237 e. The molecule has 0 bridgehead atoms. The van der Waals surface area contributed by atoms with E-state index >= 15 is 0 Å². The lowest BCUT2D eigenvalue weighted by atomic mass is 10.0. The Morgan fingerprint density at radius 1 is 1.09 bits per heavy atom. The molecule has 11 heavy (non-hydrogen) atoms. The van der Waals surface area contributed by atoms with Crippen LogP contribution >= 0.6 is 0 Å². The Balaban J connectivity index is 2.33. The highest BCUT2D eigenvalue weighted by molar-refractivity contribution is 5.27. The first-order valence-electron chi connectivity index (χ1n) is 4.17. The van der Waals surface area contributed by atoms with Crippen molar-refractivity contribution in [3.05, 3.63) is 35.4 Å². The number of fused-ring (bicyclic) bond motifs is 1. The highest BCUT2D eigenvalue weighted by Gasteiger charge is 2.05. The molecule has 1 radical (unpaired) electrons. The molecule has 0 unspecified atom stereocenters. The molecule has 0 saturated heterocycles. The Kier molecular flexibility index (Phi) is 1.91. The van der Waals surface area contributed by atoms with Crippen LogP contribution in [0.5, 0.6) is 0 Å². The van der Waals surface area contributed by atoms with Crippen LogP contribution in [0.3, 0.4) is 0 Å². The van der Waals surface area contributed by atoms with Gasteiger partial charge >= 0.3 is 0 Å². The minimum atomic E-state index is 0.927. The normalized spacial score (nSPS) is 17.1. The van der Waals surface area contributed by atoms with Crippen LogP contribution in [0.15, 0.2) is 24.3 Å². The molecule has 0 N–H and O–H groups in total. The van der Waals surface area contributed by atoms with Crippen molar-refractivity contribution in [2.24, 2.45) is 0 Å². The maximum Gasteiger partial charge on any atom is 0.0386 e. The fourth-order valence-corrected chi connectivity index (χ4v) is 1.54. The molecule has 1 nitrogen and oxygen atoms in total. The highest BCUT2D eigenvalue weighted by Crippen LogP contribution is 2.13. The maximum absolute atomic E-state index is 4.41. The van der Waals surface area contributed by atoms with Gasteiger partial charge in [-0.2, -0.15) is 0 Å². The van der Waals surface area contributed by atoms with Crippen LogP contribution in [-0.2, 0) is 13.0 Å². The van der Waals surface area contributed by atoms with Gasteiger partial charge in [0.1, 0.15) is 0 Å². The van der Waals surface area contributed by atoms with E-state index in [1.165, 1.54) is 24.0 Å². The van der Waals surface area contributed by atoms with Gasteiger partial charge in [0, 0.05) is 13.1 Å². The Morgan fingerprint density at radius 2 is 1.91 bits per heavy atom. The Bertz CT molecular complexity index is 217. The molecule has 0 fully saturated rings. The molecule has 0 saturated carbocycles. The van der Waals surface area contributed by atoms with E-state index in [1.54, 1.807) is 0 Å². The van der Waals surface area contributed by atoms with Gasteiger partial charge in [-0.3, -0.25) is 0 Å². The summed E-state index contributed by atoms with van der Waals surface area (Å²) in [6, 6.07) is 8.62. The number of benzene rings is 1. The van der Waals surface area contributed by atoms with E-state index in [4.69, 9.17) is 0 Å². The molecule has 0 amide bonds. The monoisotopic (exact) mass is 146 g/mol. The Morgan fingerprint density at radius 3 is 2.82 bits per heavy atom. The maximum atomic E-state index is 4.41. The molecule has 1 aromatic rings. The van der Waals surface area contributed by atoms with E-state index < -0.39 is 0 Å². The van der Waals surface area contributed by atoms with E-state index in [0.29, 0.717) is 0 Å². The van der Waals surface area contributed by atoms with Gasteiger partial charge in [-0.25, -0.2) is 5.32 Å². The lowest BCUT2D eigenvalue weighted by Crippen LogP contribution is -2.02. The number of hydrogen-bond acceptors (Lipinski definition) is 0. The van der Waals surface area contributed by atoms with Crippen molar-refractivity contribution in [1.82, 2.24) is 5.32 Å². The molecule has 1 aliphatic heterocycles. The van der Waals surface area contributed by atoms with E-state index in [0.717, 1.165) is 13.1 Å². The molecule has 57 valence electrons. The van der Waals surface area contributed by atoms with Gasteiger partial charge < -0.3 is 0 Å². The lowest BCUT2D eigenvalue weighted by molar-refractivity contribution is 0.666. The average molecular weight is 146 g/mol. The van der Waals surface area contributed by atoms with E-state index in [2.05, 4.69) is 29.6 Å². The first-order valence-corrected chi connectivity index (χ1v) is 4.17. The molecule has 1 heteroatoms. The third-order valence-electron chi connectivity index (χ3n) is 2.16. The smallest absolute Gasteiger partial charge is 0.0386 e. The molecular formula is C10H12N. The molecule has 1 aliphatic rings. The summed E-state index contributed by atoms with van der Waals surface area (Å²) in [5.41, 5.74) is 2.92. The first-order chi connectivity index (χ1) is 5.47. The summed E-state index contributed by atoms with van der Waals surface area (Å²) in [6.45, 7) is 1.96. The second-order valence-corrected chi connectivity index (χ2v) is 2.98. The van der Waals surface area contributed by atoms with Crippen molar-refractivity contribution in [2.45, 2.75) is 19.4 Å². The quantitative estimate of drug-likeness (QED) is 0.529. The van der Waals surface area contributed by atoms with Gasteiger partial charge in [0.25, 0.3) is 0 Å². The fraction of sp³-hybridized carbons (Fsp3) is 0.400. The summed E-state index contributed by atoms with van der Waals surface area (Å²) in [6.07, 6.45) is 2.43. The Hall–Kier alpha value is -0.820. The van der Waals surface area contributed by atoms with Crippen molar-refractivity contribution in [3.8, 4) is 0 Å². The zero-order valence-corrected chi connectivity index (χ0v) is 6.59. The molecule has 0 aromatic heterocycles. The lowest BCUT2D eigenvalue weighted by Gasteiger charge is -2.01. The number of nitrogens with zero attached hydrogens (tertiary/aromatic N) is 1. The summed E-state index contributed by atoms with van der Waals surface area (Å²) in [7, 11) is 0. The summed E-state index contributed by atoms with van der Waals surface area (Å²) in [5.74, 6) is 0. The van der Waals surface area contributed by atoms with Gasteiger partial charge in [0.2, 0.25) is 0 Å². The van der Waals surface area contributed by atoms with Crippen molar-refractivity contribution in [1.29, 1.82) is 0 Å². The topological polar surface area (TPSA) is 14.1 Å². The van der Waals surface area contributed by atoms with Gasteiger partial charge in [-0.1, -0.05) is 24.3 Å². The zero-order chi connectivity index (χ0) is 7.52. The Labute approximate surface area is 67.4 Å². The van der Waals surface area contributed by atoms with Crippen LogP contribution in [-0.4, -0.2) is 6.54 Å². The van der Waals surface area contributed by atoms with Gasteiger partial charge in [0.15, 0.2) is 0 Å². The predicted octanol–water partition coefficient (Wildman–Crippen LogP) is 1.74. The molecule has 1 heterocycles. The van der Waals surface area contributed by atoms with Crippen LogP contribution in [0.25, 0.3) is 0 Å². The van der Waals surface area contributed by atoms with Crippen LogP contribution in [0, 0.1) is 0 Å². The number of rotatable bonds is 0. The van der Waals surface area contributed by atoms with Crippen molar-refractivity contribution >= 4 is 0 Å². The summed E-state index contributed by atoms with van der Waals surface area (Å²) < 4.78 is 0. The van der Waals surface area contributed by atoms with Gasteiger partial charge in [-0.15, -0.1) is 0 Å². The minimum absolute atomic E-state index is 0.927. The van der Waals surface area contributed by atoms with Crippen LogP contribution in [0.2, 0.25) is 0 Å². The first kappa shape index (κ1) is 6.86. The molecule has 0 spiro atoms. The summed E-state index contributed by atoms with van der Waals surface area (Å²) in [4.78, 5) is 0. The van der Waals surface area contributed by atoms with Crippen molar-refractivity contribution < 1.29 is 0 Å². The van der Waals surface area contributed by atoms with Crippen LogP contribution < -0.4 is 5.32 Å². The third-order valence-corrected chi connectivity index (χ3v) is 2.16. The van der Waals surface area contributed by atoms with Gasteiger partial charge in [0.05, 0.1) is 0 Å². The minimum Gasteiger partial charge on any atom is -0.237 e. The third kappa shape index (κ3) is 1.43. The second kappa shape index (κ2) is 3.05. The molecule has 2 rings (SSSR count). The molecular weight excluding hydrogens is 134 g/mol. The van der Waals surface area contributed by atoms with E-state index in [1.807, 2.05) is 0 Å². The van der Waals surface area contributed by atoms with Crippen molar-refractivity contribution in [2.75, 3.05) is 6.54 Å². The standard InChI is InChI=1S/C10H12N/c1-2-5-10-8-11-7-3-6-9(10)4-1/h1-2,4-5H,3,6-8H2. The zero-order valence-electron chi connectivity index (χ0n) is 6.59. The average Bonchev–Trinajstić information content (AvgIpc) is 2.28. The highest BCUT2D eigenvalue weighted by atomic mass is 14.8. The molecule has 0 aliphatic carbocycles. The predicted molar refractivity (Wildman–Crippen MR) is 45.5 cm³/mol. The molecule has 0 atom stereocenters.